The van der Waals surface area contributed by atoms with Crippen LogP contribution in [0.25, 0.3) is 0 Å². The molecule has 0 aliphatic carbocycles. The number of aromatic nitrogens is 1. The molecule has 20 heavy (non-hydrogen) atoms. The molecule has 0 aromatic carbocycles. The Balaban J connectivity index is 1.52. The van der Waals surface area contributed by atoms with Crippen LogP contribution < -0.4 is 0 Å². The third-order valence-corrected chi connectivity index (χ3v) is 4.95. The second-order valence-corrected chi connectivity index (χ2v) is 6.81. The molecule has 0 bridgehead atoms. The first-order valence-electron chi connectivity index (χ1n) is 7.23. The van der Waals surface area contributed by atoms with Crippen molar-refractivity contribution in [1.82, 2.24) is 15.0 Å². The first-order chi connectivity index (χ1) is 9.72. The van der Waals surface area contributed by atoms with Crippen molar-refractivity contribution in [2.24, 2.45) is 5.92 Å². The van der Waals surface area contributed by atoms with Crippen LogP contribution in [0.3, 0.4) is 0 Å². The van der Waals surface area contributed by atoms with Crippen LogP contribution in [0.2, 0.25) is 0 Å². The van der Waals surface area contributed by atoms with Crippen LogP contribution in [0.1, 0.15) is 17.9 Å². The molecule has 6 heteroatoms. The van der Waals surface area contributed by atoms with Crippen molar-refractivity contribution < 1.29 is 9.32 Å². The normalized spacial score (nSPS) is 24.2. The summed E-state index contributed by atoms with van der Waals surface area (Å²) in [5.41, 5.74) is 0.963. The number of likely N-dealkylation sites (tertiary alicyclic amines) is 1. The number of hydrogen-bond donors (Lipinski definition) is 0. The van der Waals surface area contributed by atoms with Gasteiger partial charge in [0.1, 0.15) is 5.76 Å². The minimum Gasteiger partial charge on any atom is -0.361 e. The molecule has 1 aromatic rings. The second kappa shape index (κ2) is 6.18. The molecule has 2 aliphatic heterocycles. The Morgan fingerprint density at radius 1 is 1.45 bits per heavy atom. The molecule has 1 aromatic heterocycles. The summed E-state index contributed by atoms with van der Waals surface area (Å²) in [4.78, 5) is 16.8. The zero-order valence-electron chi connectivity index (χ0n) is 11.9. The van der Waals surface area contributed by atoms with Gasteiger partial charge in [0.15, 0.2) is 0 Å². The van der Waals surface area contributed by atoms with E-state index < -0.39 is 0 Å². The number of carbonyl (C=O) groups excluding carboxylic acids is 1. The highest BCUT2D eigenvalue weighted by Gasteiger charge is 2.32. The number of nitrogens with zero attached hydrogens (tertiary/aromatic N) is 3. The highest BCUT2D eigenvalue weighted by molar-refractivity contribution is 7.99. The van der Waals surface area contributed by atoms with E-state index in [1.807, 2.05) is 29.7 Å². The standard InChI is InChI=1S/C14H21N3O2S/c1-11-8-13(15-19-11)10-16-3-2-12(9-16)14(18)17-4-6-20-7-5-17/h8,12H,2-7,9-10H2,1H3. The van der Waals surface area contributed by atoms with Crippen molar-refractivity contribution >= 4 is 17.7 Å². The maximum Gasteiger partial charge on any atom is 0.227 e. The van der Waals surface area contributed by atoms with E-state index in [0.717, 1.165) is 62.1 Å². The Morgan fingerprint density at radius 3 is 2.95 bits per heavy atom. The van der Waals surface area contributed by atoms with Crippen molar-refractivity contribution in [1.29, 1.82) is 0 Å². The van der Waals surface area contributed by atoms with E-state index in [1.54, 1.807) is 0 Å². The third kappa shape index (κ3) is 3.17. The van der Waals surface area contributed by atoms with Crippen molar-refractivity contribution in [3.05, 3.63) is 17.5 Å². The minimum atomic E-state index is 0.172. The molecule has 0 radical (unpaired) electrons. The van der Waals surface area contributed by atoms with Gasteiger partial charge in [-0.15, -0.1) is 0 Å². The molecule has 2 fully saturated rings. The topological polar surface area (TPSA) is 49.6 Å². The van der Waals surface area contributed by atoms with Crippen LogP contribution in [0.15, 0.2) is 10.6 Å². The Bertz CT molecular complexity index is 471. The number of aryl methyl sites for hydroxylation is 1. The van der Waals surface area contributed by atoms with E-state index in [-0.39, 0.29) is 5.92 Å². The van der Waals surface area contributed by atoms with E-state index >= 15 is 0 Å². The predicted octanol–water partition coefficient (Wildman–Crippen LogP) is 1.38. The van der Waals surface area contributed by atoms with Crippen LogP contribution in [0, 0.1) is 12.8 Å². The first-order valence-corrected chi connectivity index (χ1v) is 8.39. The summed E-state index contributed by atoms with van der Waals surface area (Å²) in [5, 5.41) is 4.02. The van der Waals surface area contributed by atoms with Gasteiger partial charge >= 0.3 is 0 Å². The van der Waals surface area contributed by atoms with Gasteiger partial charge in [0.05, 0.1) is 11.6 Å². The molecule has 1 amide bonds. The van der Waals surface area contributed by atoms with Gasteiger partial charge < -0.3 is 9.42 Å². The maximum absolute atomic E-state index is 12.5. The molecule has 2 saturated heterocycles. The summed E-state index contributed by atoms with van der Waals surface area (Å²) in [6, 6.07) is 1.97. The highest BCUT2D eigenvalue weighted by atomic mass is 32.2. The van der Waals surface area contributed by atoms with Crippen LogP contribution in [0.4, 0.5) is 0 Å². The summed E-state index contributed by atoms with van der Waals surface area (Å²) in [7, 11) is 0. The molecule has 1 unspecified atom stereocenters. The largest absolute Gasteiger partial charge is 0.361 e. The number of thioether (sulfide) groups is 1. The van der Waals surface area contributed by atoms with E-state index in [4.69, 9.17) is 4.52 Å². The minimum absolute atomic E-state index is 0.172. The lowest BCUT2D eigenvalue weighted by atomic mass is 10.1. The smallest absolute Gasteiger partial charge is 0.227 e. The quantitative estimate of drug-likeness (QED) is 0.843. The molecule has 110 valence electrons. The van der Waals surface area contributed by atoms with Gasteiger partial charge in [-0.05, 0) is 19.9 Å². The molecule has 5 nitrogen and oxygen atoms in total. The second-order valence-electron chi connectivity index (χ2n) is 5.59. The molecule has 3 rings (SSSR count). The molecule has 0 spiro atoms. The Labute approximate surface area is 123 Å². The number of carbonyl (C=O) groups is 1. The predicted molar refractivity (Wildman–Crippen MR) is 78.5 cm³/mol. The zero-order chi connectivity index (χ0) is 13.9. The lowest BCUT2D eigenvalue weighted by molar-refractivity contribution is -0.134. The zero-order valence-corrected chi connectivity index (χ0v) is 12.7. The molecule has 2 aliphatic rings. The highest BCUT2D eigenvalue weighted by Crippen LogP contribution is 2.22. The maximum atomic E-state index is 12.5. The molecule has 3 heterocycles. The Morgan fingerprint density at radius 2 is 2.25 bits per heavy atom. The van der Waals surface area contributed by atoms with Gasteiger partial charge in [0, 0.05) is 43.8 Å². The first kappa shape index (κ1) is 13.9. The average molecular weight is 295 g/mol. The van der Waals surface area contributed by atoms with Crippen molar-refractivity contribution in [3.8, 4) is 0 Å². The van der Waals surface area contributed by atoms with Crippen LogP contribution in [0.5, 0.6) is 0 Å². The summed E-state index contributed by atoms with van der Waals surface area (Å²) in [6.45, 7) is 6.36. The van der Waals surface area contributed by atoms with Crippen LogP contribution >= 0.6 is 11.8 Å². The van der Waals surface area contributed by atoms with E-state index in [2.05, 4.69) is 10.1 Å². The van der Waals surface area contributed by atoms with Gasteiger partial charge in [0.25, 0.3) is 0 Å². The van der Waals surface area contributed by atoms with E-state index in [0.29, 0.717) is 5.91 Å². The fourth-order valence-corrected chi connectivity index (χ4v) is 3.84. The third-order valence-electron chi connectivity index (χ3n) is 4.01. The Hall–Kier alpha value is -1.01. The summed E-state index contributed by atoms with van der Waals surface area (Å²) >= 11 is 1.94. The van der Waals surface area contributed by atoms with Gasteiger partial charge in [-0.25, -0.2) is 0 Å². The summed E-state index contributed by atoms with van der Waals surface area (Å²) in [6.07, 6.45) is 0.972. The Kier molecular flexibility index (Phi) is 4.31. The van der Waals surface area contributed by atoms with Crippen LogP contribution in [-0.4, -0.2) is 58.5 Å². The van der Waals surface area contributed by atoms with Gasteiger partial charge in [-0.2, -0.15) is 11.8 Å². The lowest BCUT2D eigenvalue weighted by Crippen LogP contribution is -2.42. The average Bonchev–Trinajstić information content (AvgIpc) is 3.09. The summed E-state index contributed by atoms with van der Waals surface area (Å²) in [5.74, 6) is 3.54. The summed E-state index contributed by atoms with van der Waals surface area (Å²) < 4.78 is 5.09. The fourth-order valence-electron chi connectivity index (χ4n) is 2.94. The van der Waals surface area contributed by atoms with Gasteiger partial charge in [-0.1, -0.05) is 5.16 Å². The van der Waals surface area contributed by atoms with E-state index in [9.17, 15) is 4.79 Å². The molecular weight excluding hydrogens is 274 g/mol. The number of amides is 1. The van der Waals surface area contributed by atoms with Crippen LogP contribution in [-0.2, 0) is 11.3 Å². The van der Waals surface area contributed by atoms with Crippen molar-refractivity contribution in [2.75, 3.05) is 37.7 Å². The van der Waals surface area contributed by atoms with Gasteiger partial charge in [-0.3, -0.25) is 9.69 Å². The SMILES string of the molecule is Cc1cc(CN2CCC(C(=O)N3CCSCC3)C2)no1. The molecule has 0 N–H and O–H groups in total. The molecular formula is C14H21N3O2S. The fraction of sp³-hybridized carbons (Fsp3) is 0.714. The van der Waals surface area contributed by atoms with E-state index in [1.165, 1.54) is 0 Å². The van der Waals surface area contributed by atoms with Crippen molar-refractivity contribution in [2.45, 2.75) is 19.9 Å². The molecule has 1 atom stereocenters. The number of hydrogen-bond acceptors (Lipinski definition) is 5. The monoisotopic (exact) mass is 295 g/mol. The van der Waals surface area contributed by atoms with Gasteiger partial charge in [0.2, 0.25) is 5.91 Å². The number of rotatable bonds is 3. The molecule has 0 saturated carbocycles. The van der Waals surface area contributed by atoms with Crippen molar-refractivity contribution in [3.63, 3.8) is 0 Å². The lowest BCUT2D eigenvalue weighted by Gasteiger charge is -2.28.